The van der Waals surface area contributed by atoms with Crippen molar-refractivity contribution >= 4 is 38.4 Å². The maximum atomic E-state index is 6.03. The molecule has 0 aliphatic carbocycles. The molecular weight excluding hydrogens is 348 g/mol. The molecule has 0 aliphatic heterocycles. The van der Waals surface area contributed by atoms with E-state index in [4.69, 9.17) is 11.6 Å². The van der Waals surface area contributed by atoms with Crippen molar-refractivity contribution in [3.63, 3.8) is 0 Å². The van der Waals surface area contributed by atoms with Crippen molar-refractivity contribution in [1.29, 1.82) is 0 Å². The first-order valence-corrected chi connectivity index (χ1v) is 7.83. The van der Waals surface area contributed by atoms with E-state index in [1.807, 2.05) is 37.5 Å². The molecule has 21 heavy (non-hydrogen) atoms. The number of hydrogen-bond acceptors (Lipinski definition) is 2. The third kappa shape index (κ3) is 2.95. The molecule has 1 atom stereocenters. The van der Waals surface area contributed by atoms with E-state index in [0.29, 0.717) is 0 Å². The molecule has 0 saturated heterocycles. The highest BCUT2D eigenvalue weighted by atomic mass is 79.9. The summed E-state index contributed by atoms with van der Waals surface area (Å²) in [5.41, 5.74) is 3.32. The highest BCUT2D eigenvalue weighted by Gasteiger charge is 2.15. The van der Waals surface area contributed by atoms with Crippen molar-refractivity contribution in [2.45, 2.75) is 6.04 Å². The van der Waals surface area contributed by atoms with Crippen molar-refractivity contribution < 1.29 is 0 Å². The van der Waals surface area contributed by atoms with Crippen molar-refractivity contribution in [3.05, 3.63) is 75.4 Å². The van der Waals surface area contributed by atoms with Gasteiger partial charge in [-0.05, 0) is 42.4 Å². The number of aromatic nitrogens is 1. The lowest BCUT2D eigenvalue weighted by Crippen LogP contribution is -2.18. The predicted molar refractivity (Wildman–Crippen MR) is 91.8 cm³/mol. The van der Waals surface area contributed by atoms with Crippen LogP contribution in [0.3, 0.4) is 0 Å². The van der Waals surface area contributed by atoms with Gasteiger partial charge < -0.3 is 5.32 Å². The molecule has 1 aromatic heterocycles. The number of pyridine rings is 1. The molecule has 0 radical (unpaired) electrons. The third-order valence-electron chi connectivity index (χ3n) is 3.53. The van der Waals surface area contributed by atoms with Crippen molar-refractivity contribution in [2.24, 2.45) is 0 Å². The van der Waals surface area contributed by atoms with Gasteiger partial charge in [-0.3, -0.25) is 4.98 Å². The Morgan fingerprint density at radius 1 is 1.14 bits per heavy atom. The molecule has 0 bridgehead atoms. The largest absolute Gasteiger partial charge is 0.309 e. The second kappa shape index (κ2) is 6.14. The number of nitrogens with one attached hydrogen (secondary N) is 1. The molecule has 0 amide bonds. The Labute approximate surface area is 137 Å². The van der Waals surface area contributed by atoms with Gasteiger partial charge in [0.2, 0.25) is 0 Å². The highest BCUT2D eigenvalue weighted by molar-refractivity contribution is 9.10. The number of fused-ring (bicyclic) bond motifs is 1. The molecule has 1 unspecified atom stereocenters. The Morgan fingerprint density at radius 3 is 2.76 bits per heavy atom. The van der Waals surface area contributed by atoms with Crippen molar-refractivity contribution in [1.82, 2.24) is 10.3 Å². The van der Waals surface area contributed by atoms with Gasteiger partial charge >= 0.3 is 0 Å². The average molecular weight is 362 g/mol. The first-order valence-electron chi connectivity index (χ1n) is 6.66. The number of nitrogens with zero attached hydrogens (tertiary/aromatic N) is 1. The number of benzene rings is 2. The zero-order valence-electron chi connectivity index (χ0n) is 11.5. The Hall–Kier alpha value is -1.42. The fraction of sp³-hybridized carbons (Fsp3) is 0.118. The molecule has 4 heteroatoms. The zero-order valence-corrected chi connectivity index (χ0v) is 13.8. The van der Waals surface area contributed by atoms with Crippen LogP contribution in [0, 0.1) is 0 Å². The molecule has 1 heterocycles. The first kappa shape index (κ1) is 14.5. The minimum Gasteiger partial charge on any atom is -0.309 e. The summed E-state index contributed by atoms with van der Waals surface area (Å²) in [6.45, 7) is 0. The van der Waals surface area contributed by atoms with Gasteiger partial charge in [-0.15, -0.1) is 0 Å². The van der Waals surface area contributed by atoms with E-state index in [9.17, 15) is 0 Å². The number of rotatable bonds is 3. The van der Waals surface area contributed by atoms with E-state index < -0.39 is 0 Å². The van der Waals surface area contributed by atoms with E-state index in [0.717, 1.165) is 26.0 Å². The second-order valence-corrected chi connectivity index (χ2v) is 6.13. The Morgan fingerprint density at radius 2 is 2.00 bits per heavy atom. The van der Waals surface area contributed by atoms with Crippen LogP contribution in [-0.4, -0.2) is 12.0 Å². The lowest BCUT2D eigenvalue weighted by molar-refractivity contribution is 0.689. The lowest BCUT2D eigenvalue weighted by atomic mass is 9.97. The van der Waals surface area contributed by atoms with Gasteiger partial charge in [0.25, 0.3) is 0 Å². The maximum Gasteiger partial charge on any atom is 0.0705 e. The predicted octanol–water partition coefficient (Wildman–Crippen LogP) is 4.96. The summed E-state index contributed by atoms with van der Waals surface area (Å²) in [5.74, 6) is 0. The second-order valence-electron chi connectivity index (χ2n) is 4.84. The van der Waals surface area contributed by atoms with Crippen LogP contribution in [0.15, 0.2) is 59.2 Å². The number of hydrogen-bond donors (Lipinski definition) is 1. The van der Waals surface area contributed by atoms with Gasteiger partial charge in [0.15, 0.2) is 0 Å². The SMILES string of the molecule is CNC(c1ccc2cccnc2c1)c1ccc(Cl)cc1Br. The summed E-state index contributed by atoms with van der Waals surface area (Å²) in [6, 6.07) is 16.3. The van der Waals surface area contributed by atoms with E-state index in [1.165, 1.54) is 5.56 Å². The monoisotopic (exact) mass is 360 g/mol. The Balaban J connectivity index is 2.09. The van der Waals surface area contributed by atoms with Crippen LogP contribution in [0.4, 0.5) is 0 Å². The summed E-state index contributed by atoms with van der Waals surface area (Å²) >= 11 is 9.62. The van der Waals surface area contributed by atoms with Crippen LogP contribution >= 0.6 is 27.5 Å². The van der Waals surface area contributed by atoms with Crippen molar-refractivity contribution in [3.8, 4) is 0 Å². The van der Waals surface area contributed by atoms with E-state index in [2.05, 4.69) is 50.5 Å². The van der Waals surface area contributed by atoms with E-state index in [1.54, 1.807) is 0 Å². The van der Waals surface area contributed by atoms with Crippen LogP contribution in [0.2, 0.25) is 5.02 Å². The van der Waals surface area contributed by atoms with E-state index >= 15 is 0 Å². The molecule has 3 rings (SSSR count). The zero-order chi connectivity index (χ0) is 14.8. The minimum absolute atomic E-state index is 0.0862. The quantitative estimate of drug-likeness (QED) is 0.713. The maximum absolute atomic E-state index is 6.03. The molecule has 106 valence electrons. The van der Waals surface area contributed by atoms with Crippen LogP contribution in [0.1, 0.15) is 17.2 Å². The summed E-state index contributed by atoms with van der Waals surface area (Å²) in [7, 11) is 1.95. The average Bonchev–Trinajstić information content (AvgIpc) is 2.50. The van der Waals surface area contributed by atoms with E-state index in [-0.39, 0.29) is 6.04 Å². The Kier molecular flexibility index (Phi) is 4.24. The molecule has 0 fully saturated rings. The fourth-order valence-electron chi connectivity index (χ4n) is 2.50. The van der Waals surface area contributed by atoms with Crippen LogP contribution in [0.25, 0.3) is 10.9 Å². The minimum atomic E-state index is 0.0862. The van der Waals surface area contributed by atoms with Gasteiger partial charge in [-0.25, -0.2) is 0 Å². The molecule has 0 spiro atoms. The Bertz CT molecular complexity index is 789. The fourth-order valence-corrected chi connectivity index (χ4v) is 3.41. The van der Waals surface area contributed by atoms with Crippen LogP contribution < -0.4 is 5.32 Å². The topological polar surface area (TPSA) is 24.9 Å². The standard InChI is InChI=1S/C17H14BrClN2/c1-20-17(14-7-6-13(19)10-15(14)18)12-5-4-11-3-2-8-21-16(11)9-12/h2-10,17,20H,1H3. The van der Waals surface area contributed by atoms with Gasteiger partial charge in [0.1, 0.15) is 0 Å². The third-order valence-corrected chi connectivity index (χ3v) is 4.45. The van der Waals surface area contributed by atoms with Crippen LogP contribution in [-0.2, 0) is 0 Å². The van der Waals surface area contributed by atoms with Gasteiger partial charge in [-0.1, -0.05) is 51.8 Å². The van der Waals surface area contributed by atoms with Crippen molar-refractivity contribution in [2.75, 3.05) is 7.05 Å². The molecular formula is C17H14BrClN2. The molecule has 2 nitrogen and oxygen atoms in total. The smallest absolute Gasteiger partial charge is 0.0705 e. The highest BCUT2D eigenvalue weighted by Crippen LogP contribution is 2.31. The van der Waals surface area contributed by atoms with Gasteiger partial charge in [-0.2, -0.15) is 0 Å². The molecule has 3 aromatic rings. The summed E-state index contributed by atoms with van der Waals surface area (Å²) in [5, 5.41) is 5.23. The summed E-state index contributed by atoms with van der Waals surface area (Å²) in [6.07, 6.45) is 1.82. The molecule has 2 aromatic carbocycles. The summed E-state index contributed by atoms with van der Waals surface area (Å²) in [4.78, 5) is 4.43. The lowest BCUT2D eigenvalue weighted by Gasteiger charge is -2.19. The molecule has 0 aliphatic rings. The van der Waals surface area contributed by atoms with Crippen LogP contribution in [0.5, 0.6) is 0 Å². The molecule has 0 saturated carbocycles. The van der Waals surface area contributed by atoms with Gasteiger partial charge in [0.05, 0.1) is 11.6 Å². The van der Waals surface area contributed by atoms with Gasteiger partial charge in [0, 0.05) is 21.1 Å². The molecule has 1 N–H and O–H groups in total. The number of halogens is 2. The normalized spacial score (nSPS) is 12.5. The summed E-state index contributed by atoms with van der Waals surface area (Å²) < 4.78 is 0.996. The first-order chi connectivity index (χ1) is 10.2.